The summed E-state index contributed by atoms with van der Waals surface area (Å²) in [4.78, 5) is 19.3. The van der Waals surface area contributed by atoms with Crippen molar-refractivity contribution in [2.24, 2.45) is 0 Å². The van der Waals surface area contributed by atoms with Gasteiger partial charge < -0.3 is 9.79 Å². The second-order valence-electron chi connectivity index (χ2n) is 5.01. The molecule has 2 N–H and O–H groups in total. The van der Waals surface area contributed by atoms with Crippen molar-refractivity contribution >= 4 is 12.9 Å². The highest BCUT2D eigenvalue weighted by Crippen LogP contribution is 2.37. The molecule has 0 amide bonds. The summed E-state index contributed by atoms with van der Waals surface area (Å²) in [7, 11) is -4.22. The van der Waals surface area contributed by atoms with Gasteiger partial charge in [0.1, 0.15) is 0 Å². The monoisotopic (exact) mass is 283 g/mol. The van der Waals surface area contributed by atoms with Crippen LogP contribution in [0.2, 0.25) is 0 Å². The number of aryl methyl sites for hydroxylation is 2. The van der Waals surface area contributed by atoms with Crippen LogP contribution in [0.25, 0.3) is 0 Å². The predicted octanol–water partition coefficient (Wildman–Crippen LogP) is 3.36. The normalized spacial score (nSPS) is 11.8. The maximum atomic E-state index is 11.8. The van der Waals surface area contributed by atoms with E-state index in [1.54, 1.807) is 0 Å². The summed E-state index contributed by atoms with van der Waals surface area (Å²) in [6.07, 6.45) is 5.30. The van der Waals surface area contributed by atoms with Gasteiger partial charge in [0.05, 0.1) is 5.30 Å². The molecule has 4 heteroatoms. The molecule has 1 radical (unpaired) electrons. The van der Waals surface area contributed by atoms with Crippen LogP contribution in [0.1, 0.15) is 56.2 Å². The van der Waals surface area contributed by atoms with Crippen molar-refractivity contribution in [3.8, 4) is 0 Å². The summed E-state index contributed by atoms with van der Waals surface area (Å²) in [6, 6.07) is 3.64. The zero-order chi connectivity index (χ0) is 14.5. The zero-order valence-corrected chi connectivity index (χ0v) is 12.7. The van der Waals surface area contributed by atoms with Crippen molar-refractivity contribution < 1.29 is 14.4 Å². The van der Waals surface area contributed by atoms with Crippen LogP contribution in [0.5, 0.6) is 0 Å². The van der Waals surface area contributed by atoms with Crippen LogP contribution in [0, 0.1) is 6.92 Å². The van der Waals surface area contributed by atoms with Gasteiger partial charge in [-0.05, 0) is 49.3 Å². The first-order valence-electron chi connectivity index (χ1n) is 6.94. The molecule has 0 aromatic heterocycles. The molecule has 0 bridgehead atoms. The van der Waals surface area contributed by atoms with Crippen LogP contribution in [0.3, 0.4) is 0 Å². The van der Waals surface area contributed by atoms with E-state index in [-0.39, 0.29) is 5.30 Å². The van der Waals surface area contributed by atoms with Crippen LogP contribution in [0.4, 0.5) is 0 Å². The summed E-state index contributed by atoms with van der Waals surface area (Å²) >= 11 is 0. The highest BCUT2D eigenvalue weighted by Gasteiger charge is 2.25. The summed E-state index contributed by atoms with van der Waals surface area (Å²) < 4.78 is 11.8. The second kappa shape index (κ2) is 7.23. The van der Waals surface area contributed by atoms with Crippen molar-refractivity contribution in [1.82, 2.24) is 0 Å². The average molecular weight is 283 g/mol. The molecule has 0 heterocycles. The third-order valence-electron chi connectivity index (χ3n) is 3.22. The van der Waals surface area contributed by atoms with Crippen molar-refractivity contribution in [2.45, 2.75) is 52.4 Å². The summed E-state index contributed by atoms with van der Waals surface area (Å²) in [5.41, 5.74) is 2.39. The first-order valence-corrected chi connectivity index (χ1v) is 8.55. The number of hydrogen-bond donors (Lipinski definition) is 2. The first kappa shape index (κ1) is 16.4. The lowest BCUT2D eigenvalue weighted by molar-refractivity contribution is 0.386. The van der Waals surface area contributed by atoms with Gasteiger partial charge in [-0.2, -0.15) is 0 Å². The van der Waals surface area contributed by atoms with Crippen molar-refractivity contribution in [2.75, 3.05) is 0 Å². The lowest BCUT2D eigenvalue weighted by atomic mass is 9.99. The van der Waals surface area contributed by atoms with Crippen LogP contribution >= 0.6 is 7.60 Å². The largest absolute Gasteiger partial charge is 0.356 e. The van der Waals surface area contributed by atoms with Gasteiger partial charge in [0.25, 0.3) is 0 Å². The number of unbranched alkanes of at least 4 members (excludes halogenated alkanes) is 2. The molecule has 0 atom stereocenters. The molecule has 0 aliphatic rings. The standard InChI is InChI=1S/C15H24O3P/c1-4-6-8-13-10-12(3)11-14(9-7-5-2)15(13)19(16,17)18/h10-11H,3-9H2,1-2H3,(H2,16,17,18). The van der Waals surface area contributed by atoms with E-state index in [1.807, 2.05) is 12.1 Å². The average Bonchev–Trinajstić information content (AvgIpc) is 2.31. The van der Waals surface area contributed by atoms with Gasteiger partial charge in [0, 0.05) is 0 Å². The smallest absolute Gasteiger partial charge is 0.321 e. The number of hydrogen-bond acceptors (Lipinski definition) is 1. The van der Waals surface area contributed by atoms with E-state index in [2.05, 4.69) is 20.8 Å². The maximum Gasteiger partial charge on any atom is 0.356 e. The Kier molecular flexibility index (Phi) is 6.25. The van der Waals surface area contributed by atoms with Gasteiger partial charge in [-0.25, -0.2) is 0 Å². The van der Waals surface area contributed by atoms with E-state index in [0.29, 0.717) is 12.8 Å². The minimum atomic E-state index is -4.22. The lowest BCUT2D eigenvalue weighted by Gasteiger charge is -2.17. The maximum absolute atomic E-state index is 11.8. The van der Waals surface area contributed by atoms with Crippen molar-refractivity contribution in [3.05, 3.63) is 35.7 Å². The zero-order valence-electron chi connectivity index (χ0n) is 11.9. The molecule has 0 aliphatic carbocycles. The first-order chi connectivity index (χ1) is 8.90. The van der Waals surface area contributed by atoms with Crippen LogP contribution in [-0.4, -0.2) is 9.79 Å². The molecule has 1 aromatic rings. The Hall–Kier alpha value is -0.630. The van der Waals surface area contributed by atoms with E-state index >= 15 is 0 Å². The van der Waals surface area contributed by atoms with Crippen LogP contribution in [0.15, 0.2) is 12.1 Å². The van der Waals surface area contributed by atoms with Gasteiger partial charge in [0.15, 0.2) is 0 Å². The summed E-state index contributed by atoms with van der Waals surface area (Å²) in [5.74, 6) is 0. The van der Waals surface area contributed by atoms with Gasteiger partial charge in [-0.3, -0.25) is 4.57 Å². The lowest BCUT2D eigenvalue weighted by Crippen LogP contribution is -2.17. The third-order valence-corrected chi connectivity index (χ3v) is 4.38. The Morgan fingerprint density at radius 1 is 1.05 bits per heavy atom. The Labute approximate surface area is 116 Å². The van der Waals surface area contributed by atoms with E-state index < -0.39 is 7.60 Å². The van der Waals surface area contributed by atoms with Crippen LogP contribution in [-0.2, 0) is 17.4 Å². The second-order valence-corrected chi connectivity index (χ2v) is 6.55. The number of rotatable bonds is 7. The Morgan fingerprint density at radius 2 is 1.47 bits per heavy atom. The van der Waals surface area contributed by atoms with Crippen molar-refractivity contribution in [1.29, 1.82) is 0 Å². The fraction of sp³-hybridized carbons (Fsp3) is 0.533. The fourth-order valence-electron chi connectivity index (χ4n) is 2.32. The van der Waals surface area contributed by atoms with E-state index in [4.69, 9.17) is 0 Å². The Morgan fingerprint density at radius 3 is 1.79 bits per heavy atom. The molecule has 3 nitrogen and oxygen atoms in total. The minimum Gasteiger partial charge on any atom is -0.321 e. The molecule has 1 aromatic carbocycles. The fourth-order valence-corrected chi connectivity index (χ4v) is 3.42. The minimum absolute atomic E-state index is 0.252. The summed E-state index contributed by atoms with van der Waals surface area (Å²) in [5, 5.41) is 0.252. The molecular weight excluding hydrogens is 259 g/mol. The molecule has 1 rings (SSSR count). The van der Waals surface area contributed by atoms with E-state index in [0.717, 1.165) is 42.4 Å². The quantitative estimate of drug-likeness (QED) is 0.754. The molecule has 0 saturated heterocycles. The molecule has 0 aliphatic heterocycles. The van der Waals surface area contributed by atoms with Crippen LogP contribution < -0.4 is 5.30 Å². The summed E-state index contributed by atoms with van der Waals surface area (Å²) in [6.45, 7) is 8.07. The van der Waals surface area contributed by atoms with Gasteiger partial charge >= 0.3 is 7.60 Å². The molecule has 0 unspecified atom stereocenters. The number of benzene rings is 1. The molecule has 19 heavy (non-hydrogen) atoms. The van der Waals surface area contributed by atoms with Gasteiger partial charge in [-0.1, -0.05) is 38.8 Å². The molecule has 107 valence electrons. The highest BCUT2D eigenvalue weighted by molar-refractivity contribution is 7.60. The van der Waals surface area contributed by atoms with Crippen molar-refractivity contribution in [3.63, 3.8) is 0 Å². The SMILES string of the molecule is [CH2]c1cc(CCCC)c(P(=O)(O)O)c(CCCC)c1. The third kappa shape index (κ3) is 4.76. The molecular formula is C15H24O3P. The Balaban J connectivity index is 3.27. The van der Waals surface area contributed by atoms with Gasteiger partial charge in [0.2, 0.25) is 0 Å². The van der Waals surface area contributed by atoms with Gasteiger partial charge in [-0.15, -0.1) is 0 Å². The molecule has 0 fully saturated rings. The topological polar surface area (TPSA) is 57.5 Å². The molecule has 0 spiro atoms. The highest BCUT2D eigenvalue weighted by atomic mass is 31.2. The van der Waals surface area contributed by atoms with E-state index in [1.165, 1.54) is 0 Å². The molecule has 0 saturated carbocycles. The van der Waals surface area contributed by atoms with E-state index in [9.17, 15) is 14.4 Å². The predicted molar refractivity (Wildman–Crippen MR) is 79.8 cm³/mol. The Bertz CT molecular complexity index is 433.